The monoisotopic (exact) mass is 382 g/mol. The quantitative estimate of drug-likeness (QED) is 0.495. The predicted molar refractivity (Wildman–Crippen MR) is 122 cm³/mol. The fourth-order valence-electron chi connectivity index (χ4n) is 3.88. The van der Waals surface area contributed by atoms with E-state index < -0.39 is 7.92 Å². The Labute approximate surface area is 169 Å². The lowest BCUT2D eigenvalue weighted by atomic mass is 9.92. The van der Waals surface area contributed by atoms with E-state index in [0.29, 0.717) is 0 Å². The molecule has 28 heavy (non-hydrogen) atoms. The van der Waals surface area contributed by atoms with Crippen LogP contribution in [0.15, 0.2) is 113 Å². The molecule has 1 radical (unpaired) electrons. The molecule has 0 N–H and O–H groups in total. The van der Waals surface area contributed by atoms with Crippen molar-refractivity contribution >= 4 is 18.5 Å². The minimum atomic E-state index is -0.621. The fourth-order valence-corrected chi connectivity index (χ4v) is 6.32. The van der Waals surface area contributed by atoms with Gasteiger partial charge in [0.05, 0.1) is 6.04 Å². The van der Waals surface area contributed by atoms with Crippen LogP contribution in [0, 0.1) is 6.42 Å². The number of likely N-dealkylation sites (N-methyl/N-ethyl adjacent to an activating group) is 1. The van der Waals surface area contributed by atoms with Crippen molar-refractivity contribution in [1.29, 1.82) is 0 Å². The van der Waals surface area contributed by atoms with E-state index in [9.17, 15) is 0 Å². The molecule has 2 aliphatic carbocycles. The first-order chi connectivity index (χ1) is 13.8. The molecule has 2 aromatic carbocycles. The Morgan fingerprint density at radius 2 is 1.54 bits per heavy atom. The van der Waals surface area contributed by atoms with Gasteiger partial charge in [-0.25, -0.2) is 0 Å². The van der Waals surface area contributed by atoms with E-state index in [0.717, 1.165) is 6.42 Å². The molecule has 0 heterocycles. The highest BCUT2D eigenvalue weighted by Crippen LogP contribution is 2.49. The van der Waals surface area contributed by atoms with E-state index in [1.165, 1.54) is 27.1 Å². The summed E-state index contributed by atoms with van der Waals surface area (Å²) in [6, 6.07) is 22.1. The zero-order chi connectivity index (χ0) is 19.3. The third-order valence-electron chi connectivity index (χ3n) is 5.08. The minimum Gasteiger partial charge on any atom is -0.298 e. The highest BCUT2D eigenvalue weighted by atomic mass is 31.1. The van der Waals surface area contributed by atoms with Crippen molar-refractivity contribution in [1.82, 2.24) is 4.90 Å². The molecule has 139 valence electrons. The van der Waals surface area contributed by atoms with Crippen molar-refractivity contribution in [3.63, 3.8) is 0 Å². The van der Waals surface area contributed by atoms with Crippen LogP contribution in [-0.4, -0.2) is 25.0 Å². The topological polar surface area (TPSA) is 3.24 Å². The third kappa shape index (κ3) is 3.89. The van der Waals surface area contributed by atoms with Crippen molar-refractivity contribution in [2.24, 2.45) is 0 Å². The third-order valence-corrected chi connectivity index (χ3v) is 7.58. The Kier molecular flexibility index (Phi) is 5.89. The lowest BCUT2D eigenvalue weighted by molar-refractivity contribution is 0.366. The van der Waals surface area contributed by atoms with Gasteiger partial charge in [0.15, 0.2) is 0 Å². The molecule has 0 fully saturated rings. The lowest BCUT2D eigenvalue weighted by Crippen LogP contribution is -2.33. The second-order valence-electron chi connectivity index (χ2n) is 7.22. The van der Waals surface area contributed by atoms with Crippen molar-refractivity contribution in [2.45, 2.75) is 12.5 Å². The molecule has 2 aromatic rings. The van der Waals surface area contributed by atoms with Crippen LogP contribution in [0.25, 0.3) is 0 Å². The van der Waals surface area contributed by atoms with E-state index in [1.807, 2.05) is 0 Å². The first-order valence-corrected chi connectivity index (χ1v) is 11.0. The molecular formula is C26H25NP. The molecule has 0 saturated carbocycles. The Morgan fingerprint density at radius 3 is 2.07 bits per heavy atom. The van der Waals surface area contributed by atoms with E-state index in [1.54, 1.807) is 0 Å². The maximum absolute atomic E-state index is 3.60. The molecule has 0 saturated heterocycles. The van der Waals surface area contributed by atoms with Gasteiger partial charge in [-0.2, -0.15) is 0 Å². The summed E-state index contributed by atoms with van der Waals surface area (Å²) < 4.78 is 0. The summed E-state index contributed by atoms with van der Waals surface area (Å²) in [6.45, 7) is 0. The van der Waals surface area contributed by atoms with Crippen molar-refractivity contribution < 1.29 is 0 Å². The first-order valence-electron chi connectivity index (χ1n) is 9.68. The number of nitrogens with zero attached hydrogens (tertiary/aromatic N) is 1. The van der Waals surface area contributed by atoms with Crippen molar-refractivity contribution in [3.05, 3.63) is 120 Å². The summed E-state index contributed by atoms with van der Waals surface area (Å²) in [7, 11) is 3.72. The molecule has 1 atom stereocenters. The van der Waals surface area contributed by atoms with Crippen LogP contribution < -0.4 is 10.6 Å². The van der Waals surface area contributed by atoms with Gasteiger partial charge >= 0.3 is 0 Å². The van der Waals surface area contributed by atoms with Crippen LogP contribution in [0.1, 0.15) is 6.42 Å². The number of allylic oxidation sites excluding steroid dienone is 4. The molecule has 0 amide bonds. The van der Waals surface area contributed by atoms with Gasteiger partial charge in [0.2, 0.25) is 0 Å². The number of hydrogen-bond acceptors (Lipinski definition) is 1. The Balaban J connectivity index is 1.77. The van der Waals surface area contributed by atoms with Gasteiger partial charge in [0.1, 0.15) is 0 Å². The van der Waals surface area contributed by atoms with E-state index in [2.05, 4.69) is 122 Å². The number of hydrogen-bond donors (Lipinski definition) is 0. The molecule has 2 heteroatoms. The van der Waals surface area contributed by atoms with Crippen LogP contribution in [0.3, 0.4) is 0 Å². The predicted octanol–water partition coefficient (Wildman–Crippen LogP) is 5.12. The summed E-state index contributed by atoms with van der Waals surface area (Å²) in [4.78, 5) is 2.32. The summed E-state index contributed by atoms with van der Waals surface area (Å²) in [5, 5.41) is 4.17. The molecule has 2 aliphatic rings. The van der Waals surface area contributed by atoms with Crippen molar-refractivity contribution in [2.75, 3.05) is 14.1 Å². The molecular weight excluding hydrogens is 357 g/mol. The molecule has 0 aliphatic heterocycles. The SMILES string of the molecule is CN(C)[C@H](C1=C=CC=C1P(c1ccccc1)c1ccccc1)C1=C[CH]C=CC1. The number of rotatable bonds is 6. The number of benzene rings is 2. The molecule has 0 spiro atoms. The Hall–Kier alpha value is -2.43. The summed E-state index contributed by atoms with van der Waals surface area (Å²) in [5.74, 6) is 0. The molecule has 0 aromatic heterocycles. The van der Waals surface area contributed by atoms with Gasteiger partial charge in [-0.15, -0.1) is 5.73 Å². The van der Waals surface area contributed by atoms with Crippen molar-refractivity contribution in [3.8, 4) is 0 Å². The van der Waals surface area contributed by atoms with E-state index in [4.69, 9.17) is 0 Å². The average molecular weight is 382 g/mol. The van der Waals surface area contributed by atoms with E-state index >= 15 is 0 Å². The summed E-state index contributed by atoms with van der Waals surface area (Å²) in [6.07, 6.45) is 14.2. The normalized spacial score (nSPS) is 16.9. The molecule has 0 bridgehead atoms. The summed E-state index contributed by atoms with van der Waals surface area (Å²) >= 11 is 0. The van der Waals surface area contributed by atoms with Gasteiger partial charge in [-0.05, 0) is 62.1 Å². The Morgan fingerprint density at radius 1 is 0.893 bits per heavy atom. The first kappa shape index (κ1) is 18.9. The Bertz CT molecular complexity index is 934. The van der Waals surface area contributed by atoms with Crippen LogP contribution in [0.2, 0.25) is 0 Å². The smallest absolute Gasteiger partial charge is 0.0639 e. The zero-order valence-electron chi connectivity index (χ0n) is 16.4. The van der Waals surface area contributed by atoms with E-state index in [-0.39, 0.29) is 6.04 Å². The van der Waals surface area contributed by atoms with Gasteiger partial charge in [-0.3, -0.25) is 4.90 Å². The van der Waals surface area contributed by atoms with Gasteiger partial charge in [0, 0.05) is 12.0 Å². The maximum atomic E-state index is 3.60. The highest BCUT2D eigenvalue weighted by Gasteiger charge is 2.30. The average Bonchev–Trinajstić information content (AvgIpc) is 3.19. The lowest BCUT2D eigenvalue weighted by Gasteiger charge is -2.32. The fraction of sp³-hybridized carbons (Fsp3) is 0.154. The van der Waals surface area contributed by atoms with Gasteiger partial charge in [0.25, 0.3) is 0 Å². The van der Waals surface area contributed by atoms with Crippen LogP contribution in [0.5, 0.6) is 0 Å². The van der Waals surface area contributed by atoms with Crippen LogP contribution >= 0.6 is 7.92 Å². The molecule has 4 rings (SSSR count). The minimum absolute atomic E-state index is 0.239. The standard InChI is InChI=1S/C26H25NP/c1-27(2)26(21-13-6-3-7-14-21)24-19-12-20-25(24)28(22-15-8-4-9-16-22)23-17-10-5-11-18-23/h3-13,15-18,20,26H,14H2,1-2H3/t26-/m0/s1. The maximum Gasteiger partial charge on any atom is 0.0639 e. The molecule has 0 unspecified atom stereocenters. The van der Waals surface area contributed by atoms with Gasteiger partial charge in [-0.1, -0.05) is 78.9 Å². The van der Waals surface area contributed by atoms with Gasteiger partial charge < -0.3 is 0 Å². The second-order valence-corrected chi connectivity index (χ2v) is 9.40. The van der Waals surface area contributed by atoms with Crippen LogP contribution in [0.4, 0.5) is 0 Å². The molecule has 1 nitrogen and oxygen atoms in total. The zero-order valence-corrected chi connectivity index (χ0v) is 17.3. The summed E-state index contributed by atoms with van der Waals surface area (Å²) in [5.41, 5.74) is 6.33. The highest BCUT2D eigenvalue weighted by molar-refractivity contribution is 7.77. The largest absolute Gasteiger partial charge is 0.298 e. The second kappa shape index (κ2) is 8.72. The van der Waals surface area contributed by atoms with Crippen LogP contribution in [-0.2, 0) is 0 Å².